The summed E-state index contributed by atoms with van der Waals surface area (Å²) < 4.78 is 13.5. The number of halogens is 1. The zero-order valence-corrected chi connectivity index (χ0v) is 22.5. The summed E-state index contributed by atoms with van der Waals surface area (Å²) in [4.78, 5) is 34.8. The van der Waals surface area contributed by atoms with Gasteiger partial charge < -0.3 is 9.80 Å². The summed E-state index contributed by atoms with van der Waals surface area (Å²) in [6.45, 7) is 10.6. The molecule has 2 heterocycles. The molecule has 0 aromatic heterocycles. The lowest BCUT2D eigenvalue weighted by atomic mass is 9.97. The normalized spacial score (nSPS) is 22.3. The number of carbonyl (C=O) groups is 2. The molecule has 2 aliphatic rings. The topological polar surface area (TPSA) is 47.1 Å². The highest BCUT2D eigenvalue weighted by Gasteiger charge is 2.30. The van der Waals surface area contributed by atoms with Gasteiger partial charge in [-0.3, -0.25) is 19.4 Å². The lowest BCUT2D eigenvalue weighted by Gasteiger charge is -2.40. The van der Waals surface area contributed by atoms with Crippen molar-refractivity contribution in [3.05, 3.63) is 65.5 Å². The first-order chi connectivity index (χ1) is 17.8. The standard InChI is InChI=1S/C30H41FN4O2/c1-23-8-6-9-24(2)35(23)30(37)22-33-19-18-32(20-26-12-14-28(31)15-13-26)16-7-17-34(25(3)36)29-11-5-4-10-27(29)21-33/h4-5,10-15,23-24H,6-9,16-22H2,1-3H3. The molecule has 200 valence electrons. The van der Waals surface area contributed by atoms with Crippen LogP contribution in [0.2, 0.25) is 0 Å². The van der Waals surface area contributed by atoms with Gasteiger partial charge in [-0.15, -0.1) is 0 Å². The Morgan fingerprint density at radius 3 is 2.24 bits per heavy atom. The van der Waals surface area contributed by atoms with E-state index in [0.717, 1.165) is 55.7 Å². The van der Waals surface area contributed by atoms with Gasteiger partial charge >= 0.3 is 0 Å². The van der Waals surface area contributed by atoms with Crippen LogP contribution in [-0.4, -0.2) is 71.3 Å². The van der Waals surface area contributed by atoms with Gasteiger partial charge in [0.15, 0.2) is 0 Å². The molecule has 0 aliphatic carbocycles. The Morgan fingerprint density at radius 2 is 1.54 bits per heavy atom. The van der Waals surface area contributed by atoms with E-state index in [9.17, 15) is 14.0 Å². The lowest BCUT2D eigenvalue weighted by molar-refractivity contribution is -0.138. The Bertz CT molecular complexity index is 1050. The van der Waals surface area contributed by atoms with Crippen LogP contribution in [-0.2, 0) is 22.7 Å². The third-order valence-electron chi connectivity index (χ3n) is 7.80. The molecule has 0 bridgehead atoms. The number of piperidine rings is 1. The third kappa shape index (κ3) is 7.17. The molecule has 37 heavy (non-hydrogen) atoms. The first-order valence-corrected chi connectivity index (χ1v) is 13.7. The quantitative estimate of drug-likeness (QED) is 0.602. The molecule has 0 N–H and O–H groups in total. The fourth-order valence-corrected chi connectivity index (χ4v) is 5.85. The van der Waals surface area contributed by atoms with E-state index in [-0.39, 0.29) is 29.7 Å². The molecule has 2 aliphatic heterocycles. The fourth-order valence-electron chi connectivity index (χ4n) is 5.85. The van der Waals surface area contributed by atoms with Gasteiger partial charge in [-0.25, -0.2) is 4.39 Å². The maximum atomic E-state index is 13.6. The summed E-state index contributed by atoms with van der Waals surface area (Å²) in [6, 6.07) is 15.3. The zero-order chi connectivity index (χ0) is 26.4. The summed E-state index contributed by atoms with van der Waals surface area (Å²) >= 11 is 0. The zero-order valence-electron chi connectivity index (χ0n) is 22.5. The molecule has 2 amide bonds. The van der Waals surface area contributed by atoms with E-state index < -0.39 is 0 Å². The minimum atomic E-state index is -0.234. The predicted molar refractivity (Wildman–Crippen MR) is 146 cm³/mol. The second-order valence-corrected chi connectivity index (χ2v) is 10.7. The molecule has 7 heteroatoms. The van der Waals surface area contributed by atoms with Gasteiger partial charge in [0.1, 0.15) is 5.82 Å². The van der Waals surface area contributed by atoms with Crippen molar-refractivity contribution in [1.29, 1.82) is 0 Å². The van der Waals surface area contributed by atoms with Crippen molar-refractivity contribution in [3.8, 4) is 0 Å². The van der Waals surface area contributed by atoms with E-state index >= 15 is 0 Å². The number of carbonyl (C=O) groups excluding carboxylic acids is 2. The van der Waals surface area contributed by atoms with Gasteiger partial charge in [0.25, 0.3) is 0 Å². The number of hydrogen-bond acceptors (Lipinski definition) is 4. The number of nitrogens with zero attached hydrogens (tertiary/aromatic N) is 4. The van der Waals surface area contributed by atoms with Crippen LogP contribution in [0.25, 0.3) is 0 Å². The third-order valence-corrected chi connectivity index (χ3v) is 7.80. The number of rotatable bonds is 4. The minimum absolute atomic E-state index is 0.0235. The molecular formula is C30H41FN4O2. The van der Waals surface area contributed by atoms with Crippen LogP contribution in [0.1, 0.15) is 57.6 Å². The SMILES string of the molecule is CC(=O)N1CCCN(Cc2ccc(F)cc2)CCN(CC(=O)N2C(C)CCCC2C)Cc2ccccc21. The molecule has 6 nitrogen and oxygen atoms in total. The van der Waals surface area contributed by atoms with Crippen molar-refractivity contribution in [2.75, 3.05) is 37.6 Å². The van der Waals surface area contributed by atoms with Crippen LogP contribution in [0.4, 0.5) is 10.1 Å². The van der Waals surface area contributed by atoms with Crippen LogP contribution < -0.4 is 4.90 Å². The van der Waals surface area contributed by atoms with Gasteiger partial charge in [0.2, 0.25) is 11.8 Å². The lowest BCUT2D eigenvalue weighted by Crippen LogP contribution is -2.51. The molecule has 0 saturated carbocycles. The predicted octanol–water partition coefficient (Wildman–Crippen LogP) is 4.68. The number of amides is 2. The Balaban J connectivity index is 1.58. The van der Waals surface area contributed by atoms with Crippen molar-refractivity contribution in [2.24, 2.45) is 0 Å². The second kappa shape index (κ2) is 12.7. The smallest absolute Gasteiger partial charge is 0.237 e. The van der Waals surface area contributed by atoms with E-state index in [0.29, 0.717) is 26.2 Å². The van der Waals surface area contributed by atoms with Crippen LogP contribution in [0.5, 0.6) is 0 Å². The fraction of sp³-hybridized carbons (Fsp3) is 0.533. The van der Waals surface area contributed by atoms with Crippen LogP contribution in [0, 0.1) is 5.82 Å². The molecule has 1 fully saturated rings. The summed E-state index contributed by atoms with van der Waals surface area (Å²) in [5.41, 5.74) is 3.05. The van der Waals surface area contributed by atoms with Crippen LogP contribution >= 0.6 is 0 Å². The number of anilines is 1. The molecule has 2 atom stereocenters. The van der Waals surface area contributed by atoms with Crippen molar-refractivity contribution in [1.82, 2.24) is 14.7 Å². The largest absolute Gasteiger partial charge is 0.336 e. The Hall–Kier alpha value is -2.77. The van der Waals surface area contributed by atoms with E-state index in [1.807, 2.05) is 35.2 Å². The van der Waals surface area contributed by atoms with Gasteiger partial charge in [-0.2, -0.15) is 0 Å². The molecule has 1 saturated heterocycles. The molecule has 0 spiro atoms. The highest BCUT2D eigenvalue weighted by Crippen LogP contribution is 2.26. The summed E-state index contributed by atoms with van der Waals surface area (Å²) in [5, 5.41) is 0. The number of benzene rings is 2. The second-order valence-electron chi connectivity index (χ2n) is 10.7. The first-order valence-electron chi connectivity index (χ1n) is 13.7. The average Bonchev–Trinajstić information content (AvgIpc) is 2.89. The van der Waals surface area contributed by atoms with Crippen LogP contribution in [0.15, 0.2) is 48.5 Å². The van der Waals surface area contributed by atoms with Gasteiger partial charge in [-0.05, 0) is 68.9 Å². The van der Waals surface area contributed by atoms with E-state index in [4.69, 9.17) is 0 Å². The number of likely N-dealkylation sites (tertiary alicyclic amines) is 1. The molecule has 0 radical (unpaired) electrons. The molecule has 2 aromatic carbocycles. The van der Waals surface area contributed by atoms with Crippen molar-refractivity contribution >= 4 is 17.5 Å². The number of fused-ring (bicyclic) bond motifs is 1. The van der Waals surface area contributed by atoms with E-state index in [1.54, 1.807) is 6.92 Å². The monoisotopic (exact) mass is 508 g/mol. The van der Waals surface area contributed by atoms with Gasteiger partial charge in [0.05, 0.1) is 6.54 Å². The minimum Gasteiger partial charge on any atom is -0.336 e. The molecule has 2 aromatic rings. The molecular weight excluding hydrogens is 467 g/mol. The highest BCUT2D eigenvalue weighted by atomic mass is 19.1. The van der Waals surface area contributed by atoms with Crippen molar-refractivity contribution in [2.45, 2.75) is 71.6 Å². The first kappa shape index (κ1) is 27.3. The number of para-hydroxylation sites is 1. The highest BCUT2D eigenvalue weighted by molar-refractivity contribution is 5.92. The van der Waals surface area contributed by atoms with Crippen molar-refractivity contribution < 1.29 is 14.0 Å². The summed E-state index contributed by atoms with van der Waals surface area (Å²) in [6.07, 6.45) is 4.11. The molecule has 4 rings (SSSR count). The Kier molecular flexibility index (Phi) is 9.33. The van der Waals surface area contributed by atoms with Gasteiger partial charge in [0, 0.05) is 64.0 Å². The Morgan fingerprint density at radius 1 is 0.865 bits per heavy atom. The van der Waals surface area contributed by atoms with E-state index in [1.165, 1.54) is 18.6 Å². The maximum absolute atomic E-state index is 13.6. The number of hydrogen-bond donors (Lipinski definition) is 0. The van der Waals surface area contributed by atoms with Crippen LogP contribution in [0.3, 0.4) is 0 Å². The van der Waals surface area contributed by atoms with E-state index in [2.05, 4.69) is 34.6 Å². The summed E-state index contributed by atoms with van der Waals surface area (Å²) in [7, 11) is 0. The summed E-state index contributed by atoms with van der Waals surface area (Å²) in [5.74, 6) is -0.0298. The van der Waals surface area contributed by atoms with Gasteiger partial charge in [-0.1, -0.05) is 30.3 Å². The average molecular weight is 509 g/mol. The van der Waals surface area contributed by atoms with Crippen molar-refractivity contribution in [3.63, 3.8) is 0 Å². The molecule has 2 unspecified atom stereocenters. The Labute approximate surface area is 221 Å². The maximum Gasteiger partial charge on any atom is 0.237 e.